The summed E-state index contributed by atoms with van der Waals surface area (Å²) < 4.78 is 22.9. The molecule has 8 amide bonds. The Bertz CT molecular complexity index is 3370. The topological polar surface area (TPSA) is 298 Å². The van der Waals surface area contributed by atoms with Crippen molar-refractivity contribution in [1.82, 2.24) is 20.4 Å². The molecular weight excluding hydrogens is 1130 g/mol. The largest absolute Gasteiger partial charge is 0.484 e. The van der Waals surface area contributed by atoms with Gasteiger partial charge >= 0.3 is 18.2 Å². The lowest BCUT2D eigenvalue weighted by Crippen LogP contribution is -2.51. The molecule has 25 heteroatoms. The number of methoxy groups -OCH3 is 1. The van der Waals surface area contributed by atoms with E-state index in [1.165, 1.54) is 24.0 Å². The number of hydrogen-bond acceptors (Lipinski definition) is 15. The molecule has 6 aromatic rings. The first-order valence-electron chi connectivity index (χ1n) is 26.9. The van der Waals surface area contributed by atoms with E-state index >= 15 is 0 Å². The molecule has 0 unspecified atom stereocenters. The molecule has 0 bridgehead atoms. The summed E-state index contributed by atoms with van der Waals surface area (Å²) in [6, 6.07) is 25.7. The molecule has 0 aliphatic carbocycles. The minimum atomic E-state index is -2.34. The summed E-state index contributed by atoms with van der Waals surface area (Å²) in [7, 11) is 0.691. The second kappa shape index (κ2) is 28.1. The van der Waals surface area contributed by atoms with Crippen molar-refractivity contribution in [1.29, 1.82) is 0 Å². The maximum Gasteiger partial charge on any atom is 0.415 e. The van der Waals surface area contributed by atoms with E-state index in [1.54, 1.807) is 72.2 Å². The van der Waals surface area contributed by atoms with E-state index in [1.807, 2.05) is 48.5 Å². The van der Waals surface area contributed by atoms with Crippen LogP contribution in [0.3, 0.4) is 0 Å². The number of ether oxygens (including phenoxy) is 4. The number of fused-ring (bicyclic) bond motifs is 6. The molecular formula is C58H67ClN9O13PS. The molecule has 3 atom stereocenters. The van der Waals surface area contributed by atoms with Gasteiger partial charge in [0.15, 0.2) is 6.35 Å². The van der Waals surface area contributed by atoms with Crippen LogP contribution >= 0.6 is 31.3 Å². The Morgan fingerprint density at radius 2 is 1.47 bits per heavy atom. The van der Waals surface area contributed by atoms with Crippen molar-refractivity contribution in [2.45, 2.75) is 57.7 Å². The van der Waals surface area contributed by atoms with Crippen molar-refractivity contribution in [2.24, 2.45) is 17.4 Å². The molecule has 83 heavy (non-hydrogen) atoms. The van der Waals surface area contributed by atoms with Gasteiger partial charge in [0.1, 0.15) is 24.1 Å². The van der Waals surface area contributed by atoms with Crippen LogP contribution < -0.4 is 46.7 Å². The fraction of sp³-hybridized carbons (Fsp3) is 0.362. The normalized spacial score (nSPS) is 14.3. The third-order valence-electron chi connectivity index (χ3n) is 14.4. The van der Waals surface area contributed by atoms with Gasteiger partial charge in [0.25, 0.3) is 11.8 Å². The van der Waals surface area contributed by atoms with Crippen molar-refractivity contribution in [3.63, 3.8) is 0 Å². The van der Waals surface area contributed by atoms with Gasteiger partial charge in [-0.05, 0) is 76.9 Å². The van der Waals surface area contributed by atoms with E-state index in [9.17, 15) is 43.3 Å². The molecule has 8 rings (SSSR count). The molecule has 0 spiro atoms. The summed E-state index contributed by atoms with van der Waals surface area (Å²) in [6.45, 7) is 4.67. The summed E-state index contributed by atoms with van der Waals surface area (Å²) in [4.78, 5) is 119. The number of nitrogens with two attached hydrogens (primary N) is 2. The van der Waals surface area contributed by atoms with Crippen molar-refractivity contribution in [2.75, 3.05) is 87.4 Å². The zero-order valence-corrected chi connectivity index (χ0v) is 48.8. The predicted octanol–water partition coefficient (Wildman–Crippen LogP) is 7.44. The molecule has 2 aliphatic heterocycles. The second-order valence-electron chi connectivity index (χ2n) is 20.3. The lowest BCUT2D eigenvalue weighted by molar-refractivity contribution is -0.128. The molecule has 9 N–H and O–H groups in total. The van der Waals surface area contributed by atoms with Gasteiger partial charge in [0, 0.05) is 93.8 Å². The molecule has 22 nitrogen and oxygen atoms in total. The van der Waals surface area contributed by atoms with E-state index < -0.39 is 50.5 Å². The standard InChI is InChI=1S/C58H67ClN9O13PS/c1-34(2)51(60)53(70)64-43(14-9-22-62-56(61)73)52(69)63-37-17-15-35(16-18-37)32-79-57(74)65(3)24-25-66(26-27-78-4)58(75)81-47-28-44-39(38-10-5-6-11-40(38)47)21-23-67(44)54(71)48-19-20-49(83-48)55(72)68-31-36(30-59)50-42-13-8-7-12-41(42)46(29-45(50)68)80-33-82(76)77/h5-8,10-13,15-20,28-29,34,36,43,51,76-77H,9,14,21-27,30-33,60H2,1-4H3,(H,63,69)(H,64,70)(H3,61,62,73)/t36-,43+,51+/m1/s1. The first-order chi connectivity index (χ1) is 39.9. The number of anilines is 3. The van der Waals surface area contributed by atoms with Crippen LogP contribution in [0.2, 0.25) is 0 Å². The number of nitrogens with one attached hydrogen (secondary N) is 3. The number of nitrogens with zero attached hydrogens (tertiary/aromatic N) is 4. The number of urea groups is 1. The van der Waals surface area contributed by atoms with E-state index in [0.29, 0.717) is 62.9 Å². The Kier molecular flexibility index (Phi) is 20.8. The summed E-state index contributed by atoms with van der Waals surface area (Å²) in [5, 5.41) is 11.0. The number of benzene rings is 5. The number of primary amides is 1. The molecule has 0 saturated carbocycles. The molecule has 0 fully saturated rings. The lowest BCUT2D eigenvalue weighted by Gasteiger charge is -2.25. The summed E-state index contributed by atoms with van der Waals surface area (Å²) >= 11 is 7.58. The molecule has 5 aromatic carbocycles. The fourth-order valence-corrected chi connectivity index (χ4v) is 11.3. The summed E-state index contributed by atoms with van der Waals surface area (Å²) in [5.74, 6) is -1.17. The van der Waals surface area contributed by atoms with Crippen LogP contribution in [0.25, 0.3) is 21.5 Å². The van der Waals surface area contributed by atoms with Gasteiger partial charge in [-0.1, -0.05) is 74.5 Å². The minimum Gasteiger partial charge on any atom is -0.484 e. The Morgan fingerprint density at radius 3 is 2.12 bits per heavy atom. The molecule has 3 heterocycles. The van der Waals surface area contributed by atoms with Crippen molar-refractivity contribution < 1.29 is 62.3 Å². The van der Waals surface area contributed by atoms with Crippen LogP contribution in [-0.4, -0.2) is 146 Å². The molecule has 0 saturated heterocycles. The Balaban J connectivity index is 0.898. The van der Waals surface area contributed by atoms with Crippen LogP contribution in [0.5, 0.6) is 11.5 Å². The summed E-state index contributed by atoms with van der Waals surface area (Å²) in [6.07, 6.45) is -0.624. The number of rotatable bonds is 24. The Morgan fingerprint density at radius 1 is 0.819 bits per heavy atom. The quantitative estimate of drug-likeness (QED) is 0.0176. The molecule has 440 valence electrons. The monoisotopic (exact) mass is 1200 g/mol. The highest BCUT2D eigenvalue weighted by Gasteiger charge is 2.37. The minimum absolute atomic E-state index is 0.0389. The van der Waals surface area contributed by atoms with Crippen LogP contribution in [0.15, 0.2) is 97.1 Å². The maximum atomic E-state index is 14.5. The number of thiophene rings is 1. The van der Waals surface area contributed by atoms with Gasteiger partial charge in [-0.25, -0.2) is 14.4 Å². The fourth-order valence-electron chi connectivity index (χ4n) is 9.89. The average Bonchev–Trinajstić information content (AvgIpc) is 2.44. The van der Waals surface area contributed by atoms with Gasteiger partial charge in [-0.15, -0.1) is 22.9 Å². The number of alkyl halides is 1. The van der Waals surface area contributed by atoms with Crippen LogP contribution in [-0.2, 0) is 32.1 Å². The first-order valence-corrected chi connectivity index (χ1v) is 29.7. The molecule has 1 aromatic heterocycles. The van der Waals surface area contributed by atoms with Crippen LogP contribution in [0.1, 0.15) is 68.6 Å². The Labute approximate surface area is 489 Å². The van der Waals surface area contributed by atoms with Crippen LogP contribution in [0.4, 0.5) is 31.4 Å². The van der Waals surface area contributed by atoms with E-state index in [-0.39, 0.29) is 94.0 Å². The SMILES string of the molecule is COCCN(CCN(C)C(=O)OCc1ccc(NC(=O)[C@H](CCCNC(N)=O)NC(=O)[C@@H](N)C(C)C)cc1)C(=O)Oc1cc2c(c3ccccc13)CCN2C(=O)c1ccc(C(=O)N2C[C@@H](CCl)c3c2cc(OCP(O)O)c2ccccc32)s1. The Hall–Kier alpha value is -7.63. The van der Waals surface area contributed by atoms with Gasteiger partial charge < -0.3 is 75.8 Å². The lowest BCUT2D eigenvalue weighted by atomic mass is 9.95. The highest BCUT2D eigenvalue weighted by molar-refractivity contribution is 7.44. The number of likely N-dealkylation sites (N-methyl/N-ethyl adjacent to an activating group) is 1. The summed E-state index contributed by atoms with van der Waals surface area (Å²) in [5.41, 5.74) is 15.1. The predicted molar refractivity (Wildman–Crippen MR) is 319 cm³/mol. The van der Waals surface area contributed by atoms with Crippen molar-refractivity contribution in [3.8, 4) is 11.5 Å². The highest BCUT2D eigenvalue weighted by Crippen LogP contribution is 2.47. The van der Waals surface area contributed by atoms with E-state index in [4.69, 9.17) is 42.0 Å². The molecule has 0 radical (unpaired) electrons. The smallest absolute Gasteiger partial charge is 0.415 e. The third kappa shape index (κ3) is 14.8. The number of amides is 8. The van der Waals surface area contributed by atoms with Gasteiger partial charge in [-0.2, -0.15) is 0 Å². The maximum absolute atomic E-state index is 14.5. The van der Waals surface area contributed by atoms with Crippen molar-refractivity contribution in [3.05, 3.63) is 124 Å². The third-order valence-corrected chi connectivity index (χ3v) is 16.2. The number of halogens is 1. The first kappa shape index (κ1) is 61.4. The van der Waals surface area contributed by atoms with Crippen molar-refractivity contribution >= 4 is 112 Å². The zero-order valence-electron chi connectivity index (χ0n) is 46.3. The van der Waals surface area contributed by atoms with Gasteiger partial charge in [0.2, 0.25) is 20.2 Å². The van der Waals surface area contributed by atoms with Crippen LogP contribution in [0, 0.1) is 5.92 Å². The number of carbonyl (C=O) groups is 7. The second-order valence-corrected chi connectivity index (χ2v) is 22.7. The zero-order chi connectivity index (χ0) is 59.5. The van der Waals surface area contributed by atoms with E-state index in [0.717, 1.165) is 38.6 Å². The number of carbonyl (C=O) groups excluding carboxylic acids is 7. The molecule has 2 aliphatic rings. The average molecular weight is 1200 g/mol. The van der Waals surface area contributed by atoms with E-state index in [2.05, 4.69) is 16.0 Å². The van der Waals surface area contributed by atoms with Gasteiger partial charge in [0.05, 0.1) is 33.8 Å². The number of hydrogen-bond donors (Lipinski definition) is 7. The highest BCUT2D eigenvalue weighted by atomic mass is 35.5. The van der Waals surface area contributed by atoms with Gasteiger partial charge in [-0.3, -0.25) is 19.2 Å².